The molecule has 0 unspecified atom stereocenters. The van der Waals surface area contributed by atoms with E-state index in [1.165, 1.54) is 6.20 Å². The van der Waals surface area contributed by atoms with Crippen LogP contribution in [0.25, 0.3) is 0 Å². The van der Waals surface area contributed by atoms with Crippen molar-refractivity contribution in [3.05, 3.63) is 83.6 Å². The van der Waals surface area contributed by atoms with E-state index in [0.29, 0.717) is 39.5 Å². The van der Waals surface area contributed by atoms with Crippen molar-refractivity contribution in [2.75, 3.05) is 24.7 Å². The summed E-state index contributed by atoms with van der Waals surface area (Å²) in [5.74, 6) is -0.0590. The maximum Gasteiger partial charge on any atom is 0.258 e. The molecule has 0 saturated carbocycles. The number of aromatic nitrogens is 1. The van der Waals surface area contributed by atoms with Crippen LogP contribution in [0.2, 0.25) is 0 Å². The molecule has 148 valence electrons. The Bertz CT molecular complexity index is 1080. The van der Waals surface area contributed by atoms with Crippen LogP contribution in [0.3, 0.4) is 0 Å². The number of amides is 2. The number of amidine groups is 1. The molecule has 0 bridgehead atoms. The number of carbonyl (C=O) groups is 2. The maximum absolute atomic E-state index is 12.7. The highest BCUT2D eigenvalue weighted by Gasteiger charge is 2.15. The van der Waals surface area contributed by atoms with Gasteiger partial charge in [0.1, 0.15) is 19.5 Å². The van der Waals surface area contributed by atoms with E-state index in [2.05, 4.69) is 15.6 Å². The molecular weight excluding hydrogens is 377 g/mol. The molecule has 3 N–H and O–H groups in total. The van der Waals surface area contributed by atoms with Gasteiger partial charge in [0.2, 0.25) is 0 Å². The molecule has 7 nitrogen and oxygen atoms in total. The average molecular weight is 397 g/mol. The second kappa shape index (κ2) is 9.04. The zero-order valence-electron chi connectivity index (χ0n) is 16.6. The Balaban J connectivity index is 1.75. The molecule has 30 heavy (non-hydrogen) atoms. The van der Waals surface area contributed by atoms with Gasteiger partial charge in [0, 0.05) is 31.4 Å². The predicted octanol–water partition coefficient (Wildman–Crippen LogP) is 2.27. The molecule has 3 rings (SSSR count). The zero-order chi connectivity index (χ0) is 21.7. The molecule has 2 radical (unpaired) electrons. The topological polar surface area (TPSA) is 98.2 Å². The van der Waals surface area contributed by atoms with E-state index in [1.54, 1.807) is 79.7 Å². The summed E-state index contributed by atoms with van der Waals surface area (Å²) in [5, 5.41) is 13.4. The predicted molar refractivity (Wildman–Crippen MR) is 119 cm³/mol. The van der Waals surface area contributed by atoms with Crippen molar-refractivity contribution in [3.63, 3.8) is 0 Å². The summed E-state index contributed by atoms with van der Waals surface area (Å²) in [6.07, 6.45) is 1.45. The highest BCUT2D eigenvalue weighted by molar-refractivity contribution is 6.32. The summed E-state index contributed by atoms with van der Waals surface area (Å²) in [5.41, 5.74) is 2.29. The molecule has 0 spiro atoms. The molecule has 1 heterocycles. The number of carbonyl (C=O) groups excluding carboxylic acids is 2. The molecule has 1 aromatic heterocycles. The van der Waals surface area contributed by atoms with Crippen molar-refractivity contribution in [1.29, 1.82) is 5.41 Å². The van der Waals surface area contributed by atoms with Gasteiger partial charge in [-0.3, -0.25) is 15.0 Å². The number of rotatable bonds is 5. The lowest BCUT2D eigenvalue weighted by molar-refractivity contribution is 0.102. The van der Waals surface area contributed by atoms with E-state index in [9.17, 15) is 9.59 Å². The maximum atomic E-state index is 12.7. The van der Waals surface area contributed by atoms with E-state index in [1.807, 2.05) is 0 Å². The lowest BCUT2D eigenvalue weighted by Crippen LogP contribution is -2.22. The lowest BCUT2D eigenvalue weighted by atomic mass is 9.99. The van der Waals surface area contributed by atoms with Crippen molar-refractivity contribution < 1.29 is 9.59 Å². The molecule has 0 atom stereocenters. The van der Waals surface area contributed by atoms with Crippen molar-refractivity contribution in [2.45, 2.75) is 0 Å². The first-order chi connectivity index (χ1) is 14.3. The molecule has 2 amide bonds. The van der Waals surface area contributed by atoms with Gasteiger partial charge in [0.25, 0.3) is 11.8 Å². The Hall–Kier alpha value is -3.94. The molecule has 0 aliphatic heterocycles. The van der Waals surface area contributed by atoms with Crippen LogP contribution in [0.4, 0.5) is 11.5 Å². The Kier molecular flexibility index (Phi) is 6.27. The van der Waals surface area contributed by atoms with E-state index >= 15 is 0 Å². The van der Waals surface area contributed by atoms with Crippen molar-refractivity contribution in [3.8, 4) is 0 Å². The first-order valence-corrected chi connectivity index (χ1v) is 9.14. The minimum atomic E-state index is -0.405. The lowest BCUT2D eigenvalue weighted by Gasteiger charge is -2.14. The van der Waals surface area contributed by atoms with E-state index in [-0.39, 0.29) is 5.91 Å². The van der Waals surface area contributed by atoms with Crippen LogP contribution < -0.4 is 16.1 Å². The van der Waals surface area contributed by atoms with Crippen molar-refractivity contribution in [2.24, 2.45) is 0 Å². The van der Waals surface area contributed by atoms with Crippen LogP contribution in [0, 0.1) is 5.41 Å². The molecular formula is C22H20BN5O2. The van der Waals surface area contributed by atoms with Gasteiger partial charge in [0.05, 0.1) is 11.3 Å². The van der Waals surface area contributed by atoms with Crippen LogP contribution >= 0.6 is 0 Å². The minimum Gasteiger partial charge on any atom is -0.363 e. The van der Waals surface area contributed by atoms with E-state index in [0.717, 1.165) is 0 Å². The van der Waals surface area contributed by atoms with Gasteiger partial charge < -0.3 is 15.5 Å². The fourth-order valence-electron chi connectivity index (χ4n) is 2.69. The summed E-state index contributed by atoms with van der Waals surface area (Å²) in [4.78, 5) is 31.1. The molecule has 0 aliphatic rings. The average Bonchev–Trinajstić information content (AvgIpc) is 2.75. The fourth-order valence-corrected chi connectivity index (χ4v) is 2.69. The second-order valence-electron chi connectivity index (χ2n) is 6.75. The van der Waals surface area contributed by atoms with Gasteiger partial charge in [-0.05, 0) is 30.3 Å². The number of hydrogen-bond donors (Lipinski definition) is 3. The van der Waals surface area contributed by atoms with Gasteiger partial charge in [-0.15, -0.1) is 0 Å². The first-order valence-electron chi connectivity index (χ1n) is 9.14. The Morgan fingerprint density at radius 2 is 1.57 bits per heavy atom. The molecule has 0 saturated heterocycles. The smallest absolute Gasteiger partial charge is 0.258 e. The quantitative estimate of drug-likeness (QED) is 0.350. The van der Waals surface area contributed by atoms with Gasteiger partial charge in [-0.1, -0.05) is 35.8 Å². The summed E-state index contributed by atoms with van der Waals surface area (Å²) in [6, 6.07) is 16.6. The van der Waals surface area contributed by atoms with Crippen LogP contribution in [-0.4, -0.2) is 49.5 Å². The molecule has 0 aliphatic carbocycles. The number of anilines is 2. The summed E-state index contributed by atoms with van der Waals surface area (Å²) < 4.78 is 0. The number of nitrogens with zero attached hydrogens (tertiary/aromatic N) is 2. The van der Waals surface area contributed by atoms with Crippen LogP contribution in [0.15, 0.2) is 66.9 Å². The Morgan fingerprint density at radius 3 is 2.20 bits per heavy atom. The van der Waals surface area contributed by atoms with Crippen LogP contribution in [0.5, 0.6) is 0 Å². The number of pyridine rings is 1. The third kappa shape index (κ3) is 4.91. The van der Waals surface area contributed by atoms with Crippen LogP contribution in [0.1, 0.15) is 26.3 Å². The van der Waals surface area contributed by atoms with E-state index in [4.69, 9.17) is 13.3 Å². The minimum absolute atomic E-state index is 0.301. The summed E-state index contributed by atoms with van der Waals surface area (Å²) in [7, 11) is 9.17. The Morgan fingerprint density at radius 1 is 0.900 bits per heavy atom. The summed E-state index contributed by atoms with van der Waals surface area (Å²) in [6.45, 7) is 0. The molecule has 8 heteroatoms. The molecule has 0 fully saturated rings. The third-order valence-corrected chi connectivity index (χ3v) is 4.32. The highest BCUT2D eigenvalue weighted by Crippen LogP contribution is 2.18. The number of nitrogens with one attached hydrogen (secondary N) is 3. The number of para-hydroxylation sites is 1. The summed E-state index contributed by atoms with van der Waals surface area (Å²) >= 11 is 0. The third-order valence-electron chi connectivity index (χ3n) is 4.32. The highest BCUT2D eigenvalue weighted by atomic mass is 16.2. The first kappa shape index (κ1) is 20.8. The van der Waals surface area contributed by atoms with Gasteiger partial charge in [0.15, 0.2) is 0 Å². The number of hydrogen-bond acceptors (Lipinski definition) is 4. The molecule has 2 aromatic carbocycles. The van der Waals surface area contributed by atoms with Gasteiger partial charge >= 0.3 is 0 Å². The Labute approximate surface area is 176 Å². The van der Waals surface area contributed by atoms with Gasteiger partial charge in [-0.2, -0.15) is 0 Å². The van der Waals surface area contributed by atoms with E-state index < -0.39 is 5.91 Å². The standard InChI is InChI=1S/C22H20BN5O2/c1-28(2)20(24)14-7-9-15(10-8-14)21(29)26-18-6-4-3-5-17(18)22(30)27-19-12-11-16(23)13-25-19/h3-13,24H,1-2H3,(H,26,29)(H,25,27,30). The fraction of sp³-hybridized carbons (Fsp3) is 0.0909. The second-order valence-corrected chi connectivity index (χ2v) is 6.75. The zero-order valence-corrected chi connectivity index (χ0v) is 16.6. The van der Waals surface area contributed by atoms with Crippen molar-refractivity contribution >= 4 is 42.5 Å². The normalized spacial score (nSPS) is 10.2. The molecule has 3 aromatic rings. The van der Waals surface area contributed by atoms with Gasteiger partial charge in [-0.25, -0.2) is 4.98 Å². The largest absolute Gasteiger partial charge is 0.363 e. The SMILES string of the molecule is [B]c1ccc(NC(=O)c2ccccc2NC(=O)c2ccc(C(=N)N(C)C)cc2)nc1. The monoisotopic (exact) mass is 397 g/mol. The number of benzene rings is 2. The van der Waals surface area contributed by atoms with Crippen molar-refractivity contribution in [1.82, 2.24) is 9.88 Å². The van der Waals surface area contributed by atoms with Crippen LogP contribution in [-0.2, 0) is 0 Å².